The SMILES string of the molecule is CCCCCCCC(CCCCC)OCC(C)C. The smallest absolute Gasteiger partial charge is 0.0575 e. The molecule has 0 radical (unpaired) electrons. The fourth-order valence-corrected chi connectivity index (χ4v) is 2.24. The van der Waals surface area contributed by atoms with Crippen molar-refractivity contribution in [1.29, 1.82) is 0 Å². The number of rotatable bonds is 13. The van der Waals surface area contributed by atoms with Crippen LogP contribution in [-0.2, 0) is 4.74 Å². The van der Waals surface area contributed by atoms with E-state index in [1.54, 1.807) is 0 Å². The van der Waals surface area contributed by atoms with E-state index in [1.807, 2.05) is 0 Å². The fourth-order valence-electron chi connectivity index (χ4n) is 2.24. The highest BCUT2D eigenvalue weighted by Gasteiger charge is 2.09. The molecule has 18 heavy (non-hydrogen) atoms. The van der Waals surface area contributed by atoms with Gasteiger partial charge < -0.3 is 4.74 Å². The molecule has 0 aliphatic carbocycles. The number of unbranched alkanes of at least 4 members (excludes halogenated alkanes) is 6. The van der Waals surface area contributed by atoms with E-state index in [-0.39, 0.29) is 0 Å². The van der Waals surface area contributed by atoms with Gasteiger partial charge in [0.05, 0.1) is 6.10 Å². The van der Waals surface area contributed by atoms with Crippen molar-refractivity contribution in [3.63, 3.8) is 0 Å². The Morgan fingerprint density at radius 2 is 1.22 bits per heavy atom. The predicted octanol–water partition coefficient (Wildman–Crippen LogP) is 5.97. The van der Waals surface area contributed by atoms with Crippen LogP contribution in [0.4, 0.5) is 0 Å². The summed E-state index contributed by atoms with van der Waals surface area (Å²) in [5.74, 6) is 0.666. The van der Waals surface area contributed by atoms with E-state index in [9.17, 15) is 0 Å². The Bertz CT molecular complexity index is 154. The van der Waals surface area contributed by atoms with Crippen LogP contribution in [0.25, 0.3) is 0 Å². The van der Waals surface area contributed by atoms with Gasteiger partial charge in [-0.25, -0.2) is 0 Å². The van der Waals surface area contributed by atoms with Crippen molar-refractivity contribution in [1.82, 2.24) is 0 Å². The van der Waals surface area contributed by atoms with Crippen molar-refractivity contribution in [3.8, 4) is 0 Å². The maximum atomic E-state index is 6.06. The summed E-state index contributed by atoms with van der Waals surface area (Å²) in [7, 11) is 0. The molecule has 1 atom stereocenters. The van der Waals surface area contributed by atoms with E-state index in [0.29, 0.717) is 12.0 Å². The van der Waals surface area contributed by atoms with Crippen LogP contribution < -0.4 is 0 Å². The summed E-state index contributed by atoms with van der Waals surface area (Å²) >= 11 is 0. The lowest BCUT2D eigenvalue weighted by molar-refractivity contribution is 0.0225. The second-order valence-corrected chi connectivity index (χ2v) is 6.05. The Kier molecular flexibility index (Phi) is 13.4. The van der Waals surface area contributed by atoms with Crippen molar-refractivity contribution in [2.75, 3.05) is 6.61 Å². The quantitative estimate of drug-likeness (QED) is 0.369. The van der Waals surface area contributed by atoms with Crippen LogP contribution in [0.15, 0.2) is 0 Å². The van der Waals surface area contributed by atoms with E-state index in [0.717, 1.165) is 6.61 Å². The minimum atomic E-state index is 0.528. The molecule has 0 rings (SSSR count). The summed E-state index contributed by atoms with van der Waals surface area (Å²) in [4.78, 5) is 0. The van der Waals surface area contributed by atoms with Gasteiger partial charge in [0.1, 0.15) is 0 Å². The normalized spacial score (nSPS) is 13.2. The van der Waals surface area contributed by atoms with Crippen LogP contribution in [0, 0.1) is 5.92 Å². The minimum Gasteiger partial charge on any atom is -0.378 e. The lowest BCUT2D eigenvalue weighted by Crippen LogP contribution is -2.16. The van der Waals surface area contributed by atoms with Gasteiger partial charge in [-0.1, -0.05) is 79.1 Å². The molecular weight excluding hydrogens is 220 g/mol. The zero-order valence-corrected chi connectivity index (χ0v) is 13.3. The first-order valence-electron chi connectivity index (χ1n) is 8.32. The Hall–Kier alpha value is -0.0400. The van der Waals surface area contributed by atoms with Gasteiger partial charge in [-0.05, 0) is 18.8 Å². The van der Waals surface area contributed by atoms with Gasteiger partial charge in [-0.3, -0.25) is 0 Å². The van der Waals surface area contributed by atoms with Crippen LogP contribution in [-0.4, -0.2) is 12.7 Å². The number of hydrogen-bond donors (Lipinski definition) is 0. The Morgan fingerprint density at radius 3 is 1.78 bits per heavy atom. The highest BCUT2D eigenvalue weighted by atomic mass is 16.5. The van der Waals surface area contributed by atoms with E-state index in [1.165, 1.54) is 64.2 Å². The number of hydrogen-bond acceptors (Lipinski definition) is 1. The van der Waals surface area contributed by atoms with Gasteiger partial charge in [0.25, 0.3) is 0 Å². The first-order chi connectivity index (χ1) is 8.70. The first-order valence-corrected chi connectivity index (χ1v) is 8.32. The molecule has 1 nitrogen and oxygen atoms in total. The topological polar surface area (TPSA) is 9.23 Å². The van der Waals surface area contributed by atoms with Crippen LogP contribution in [0.1, 0.15) is 91.9 Å². The van der Waals surface area contributed by atoms with Crippen molar-refractivity contribution in [2.45, 2.75) is 98.0 Å². The van der Waals surface area contributed by atoms with Gasteiger partial charge in [0.15, 0.2) is 0 Å². The molecular formula is C17H36O. The van der Waals surface area contributed by atoms with Gasteiger partial charge in [0, 0.05) is 6.61 Å². The summed E-state index contributed by atoms with van der Waals surface area (Å²) in [6.45, 7) is 9.97. The van der Waals surface area contributed by atoms with Crippen molar-refractivity contribution in [3.05, 3.63) is 0 Å². The van der Waals surface area contributed by atoms with Gasteiger partial charge in [-0.15, -0.1) is 0 Å². The lowest BCUT2D eigenvalue weighted by atomic mass is 10.0. The fraction of sp³-hybridized carbons (Fsp3) is 1.00. The molecule has 110 valence electrons. The molecule has 0 spiro atoms. The molecule has 0 aliphatic rings. The van der Waals surface area contributed by atoms with Crippen molar-refractivity contribution in [2.24, 2.45) is 5.92 Å². The van der Waals surface area contributed by atoms with E-state index >= 15 is 0 Å². The number of ether oxygens (including phenoxy) is 1. The molecule has 1 heteroatoms. The molecule has 0 fully saturated rings. The molecule has 0 aromatic rings. The molecule has 0 aliphatic heterocycles. The van der Waals surface area contributed by atoms with E-state index in [4.69, 9.17) is 4.74 Å². The maximum absolute atomic E-state index is 6.06. The van der Waals surface area contributed by atoms with Crippen LogP contribution in [0.5, 0.6) is 0 Å². The first kappa shape index (κ1) is 18.0. The summed E-state index contributed by atoms with van der Waals surface area (Å²) in [5.41, 5.74) is 0. The highest BCUT2D eigenvalue weighted by molar-refractivity contribution is 4.60. The molecule has 1 unspecified atom stereocenters. The summed E-state index contributed by atoms with van der Waals surface area (Å²) < 4.78 is 6.06. The van der Waals surface area contributed by atoms with E-state index in [2.05, 4.69) is 27.7 Å². The molecule has 0 aromatic carbocycles. The molecule has 0 bridgehead atoms. The molecule has 0 saturated carbocycles. The molecule has 0 aromatic heterocycles. The second-order valence-electron chi connectivity index (χ2n) is 6.05. The molecule has 0 amide bonds. The zero-order chi connectivity index (χ0) is 13.6. The average Bonchev–Trinajstić information content (AvgIpc) is 2.35. The summed E-state index contributed by atoms with van der Waals surface area (Å²) in [6, 6.07) is 0. The van der Waals surface area contributed by atoms with Crippen molar-refractivity contribution < 1.29 is 4.74 Å². The third-order valence-corrected chi connectivity index (χ3v) is 3.42. The van der Waals surface area contributed by atoms with Gasteiger partial charge in [-0.2, -0.15) is 0 Å². The van der Waals surface area contributed by atoms with Gasteiger partial charge >= 0.3 is 0 Å². The molecule has 0 saturated heterocycles. The minimum absolute atomic E-state index is 0.528. The molecule has 0 N–H and O–H groups in total. The Labute approximate surface area is 116 Å². The second kappa shape index (κ2) is 13.4. The monoisotopic (exact) mass is 256 g/mol. The Balaban J connectivity index is 3.66. The van der Waals surface area contributed by atoms with Crippen LogP contribution >= 0.6 is 0 Å². The van der Waals surface area contributed by atoms with E-state index < -0.39 is 0 Å². The summed E-state index contributed by atoms with van der Waals surface area (Å²) in [6.07, 6.45) is 14.0. The lowest BCUT2D eigenvalue weighted by Gasteiger charge is -2.19. The summed E-state index contributed by atoms with van der Waals surface area (Å²) in [5, 5.41) is 0. The highest BCUT2D eigenvalue weighted by Crippen LogP contribution is 2.16. The van der Waals surface area contributed by atoms with Crippen LogP contribution in [0.3, 0.4) is 0 Å². The third-order valence-electron chi connectivity index (χ3n) is 3.42. The Morgan fingerprint density at radius 1 is 0.722 bits per heavy atom. The van der Waals surface area contributed by atoms with Gasteiger partial charge in [0.2, 0.25) is 0 Å². The maximum Gasteiger partial charge on any atom is 0.0575 e. The zero-order valence-electron chi connectivity index (χ0n) is 13.3. The largest absolute Gasteiger partial charge is 0.378 e. The molecule has 0 heterocycles. The van der Waals surface area contributed by atoms with Crippen molar-refractivity contribution >= 4 is 0 Å². The van der Waals surface area contributed by atoms with Crippen LogP contribution in [0.2, 0.25) is 0 Å². The standard InChI is InChI=1S/C17H36O/c1-5-7-9-10-12-14-17(13-11-8-6-2)18-15-16(3)4/h16-17H,5-15H2,1-4H3. The third kappa shape index (κ3) is 12.4. The average molecular weight is 256 g/mol. The predicted molar refractivity (Wildman–Crippen MR) is 82.1 cm³/mol.